The molecule has 1 atom stereocenters. The molecule has 2 aliphatic heterocycles. The minimum absolute atomic E-state index is 0.237. The Labute approximate surface area is 151 Å². The number of carbonyl (C=O) groups excluding carboxylic acids is 1. The van der Waals surface area contributed by atoms with Crippen LogP contribution in [-0.4, -0.2) is 64.4 Å². The first kappa shape index (κ1) is 18.4. The molecule has 140 valence electrons. The van der Waals surface area contributed by atoms with Crippen molar-refractivity contribution in [2.24, 2.45) is 5.92 Å². The molecular weight excluding hydrogens is 314 g/mol. The molecule has 2 aliphatic rings. The van der Waals surface area contributed by atoms with Gasteiger partial charge in [0.05, 0.1) is 6.54 Å². The Morgan fingerprint density at radius 3 is 2.88 bits per heavy atom. The predicted molar refractivity (Wildman–Crippen MR) is 99.1 cm³/mol. The summed E-state index contributed by atoms with van der Waals surface area (Å²) in [4.78, 5) is 24.6. The van der Waals surface area contributed by atoms with Crippen molar-refractivity contribution in [3.05, 3.63) is 18.2 Å². The standard InChI is InChI=1S/C19H33N5O/c1-2-24-11-3-4-17(24)14-22-19(25)6-5-16-7-12-23(13-8-16)15-18-20-9-10-21-18/h9-10,16-17H,2-8,11-15H2,1H3,(H,20,21)(H,22,25)/t17-/m1/s1. The molecule has 0 bridgehead atoms. The van der Waals surface area contributed by atoms with Crippen LogP contribution in [0.2, 0.25) is 0 Å². The second-order valence-corrected chi connectivity index (χ2v) is 7.52. The third-order valence-corrected chi connectivity index (χ3v) is 5.86. The molecule has 1 aromatic heterocycles. The van der Waals surface area contributed by atoms with Gasteiger partial charge in [0, 0.05) is 31.4 Å². The number of rotatable bonds is 8. The lowest BCUT2D eigenvalue weighted by Crippen LogP contribution is -2.40. The smallest absolute Gasteiger partial charge is 0.220 e. The second-order valence-electron chi connectivity index (χ2n) is 7.52. The zero-order valence-electron chi connectivity index (χ0n) is 15.5. The topological polar surface area (TPSA) is 64.3 Å². The molecule has 0 spiro atoms. The Morgan fingerprint density at radius 1 is 1.32 bits per heavy atom. The van der Waals surface area contributed by atoms with Gasteiger partial charge in [-0.25, -0.2) is 4.98 Å². The number of nitrogens with zero attached hydrogens (tertiary/aromatic N) is 3. The summed E-state index contributed by atoms with van der Waals surface area (Å²) in [5.41, 5.74) is 0. The molecule has 2 saturated heterocycles. The maximum absolute atomic E-state index is 12.2. The fraction of sp³-hybridized carbons (Fsp3) is 0.789. The molecule has 3 rings (SSSR count). The molecule has 1 aromatic rings. The third-order valence-electron chi connectivity index (χ3n) is 5.86. The highest BCUT2D eigenvalue weighted by Gasteiger charge is 2.24. The van der Waals surface area contributed by atoms with E-state index < -0.39 is 0 Å². The van der Waals surface area contributed by atoms with Crippen LogP contribution in [0.25, 0.3) is 0 Å². The van der Waals surface area contributed by atoms with Crippen molar-refractivity contribution >= 4 is 5.91 Å². The Hall–Kier alpha value is -1.40. The quantitative estimate of drug-likeness (QED) is 0.755. The van der Waals surface area contributed by atoms with Crippen molar-refractivity contribution in [2.45, 2.75) is 58.0 Å². The largest absolute Gasteiger partial charge is 0.355 e. The fourth-order valence-corrected chi connectivity index (χ4v) is 4.23. The normalized spacial score (nSPS) is 23.2. The lowest BCUT2D eigenvalue weighted by atomic mass is 9.92. The zero-order chi connectivity index (χ0) is 17.5. The van der Waals surface area contributed by atoms with Crippen LogP contribution in [0.4, 0.5) is 0 Å². The minimum atomic E-state index is 0.237. The lowest BCUT2D eigenvalue weighted by molar-refractivity contribution is -0.121. The molecule has 0 saturated carbocycles. The maximum Gasteiger partial charge on any atom is 0.220 e. The van der Waals surface area contributed by atoms with Crippen LogP contribution in [0.1, 0.15) is 51.3 Å². The van der Waals surface area contributed by atoms with E-state index in [9.17, 15) is 4.79 Å². The van der Waals surface area contributed by atoms with Gasteiger partial charge in [0.25, 0.3) is 0 Å². The number of aromatic amines is 1. The number of imidazole rings is 1. The highest BCUT2D eigenvalue weighted by molar-refractivity contribution is 5.75. The highest BCUT2D eigenvalue weighted by atomic mass is 16.1. The van der Waals surface area contributed by atoms with Gasteiger partial charge in [0.1, 0.15) is 5.82 Å². The van der Waals surface area contributed by atoms with Gasteiger partial charge in [0.2, 0.25) is 5.91 Å². The average Bonchev–Trinajstić information content (AvgIpc) is 3.30. The third kappa shape index (κ3) is 5.54. The van der Waals surface area contributed by atoms with Crippen LogP contribution in [0.3, 0.4) is 0 Å². The summed E-state index contributed by atoms with van der Waals surface area (Å²) in [6.07, 6.45) is 10.3. The lowest BCUT2D eigenvalue weighted by Gasteiger charge is -2.31. The van der Waals surface area contributed by atoms with E-state index in [4.69, 9.17) is 0 Å². The monoisotopic (exact) mass is 347 g/mol. The molecule has 6 heteroatoms. The van der Waals surface area contributed by atoms with E-state index in [0.29, 0.717) is 18.4 Å². The van der Waals surface area contributed by atoms with Crippen LogP contribution in [-0.2, 0) is 11.3 Å². The first-order valence-electron chi connectivity index (χ1n) is 9.96. The number of nitrogens with one attached hydrogen (secondary N) is 2. The molecule has 0 aromatic carbocycles. The first-order chi connectivity index (χ1) is 12.2. The summed E-state index contributed by atoms with van der Waals surface area (Å²) in [5.74, 6) is 1.98. The second kappa shape index (κ2) is 9.34. The first-order valence-corrected chi connectivity index (χ1v) is 9.96. The summed E-state index contributed by atoms with van der Waals surface area (Å²) in [5, 5.41) is 3.16. The van der Waals surface area contributed by atoms with Gasteiger partial charge in [-0.2, -0.15) is 0 Å². The molecule has 0 unspecified atom stereocenters. The summed E-state index contributed by atoms with van der Waals surface area (Å²) in [6.45, 7) is 8.45. The Balaban J connectivity index is 1.28. The number of carbonyl (C=O) groups is 1. The van der Waals surface area contributed by atoms with Crippen LogP contribution in [0, 0.1) is 5.92 Å². The van der Waals surface area contributed by atoms with E-state index in [-0.39, 0.29) is 5.91 Å². The van der Waals surface area contributed by atoms with E-state index in [1.807, 2.05) is 12.4 Å². The Morgan fingerprint density at radius 2 is 2.16 bits per heavy atom. The Bertz CT molecular complexity index is 510. The number of likely N-dealkylation sites (N-methyl/N-ethyl adjacent to an activating group) is 1. The average molecular weight is 348 g/mol. The van der Waals surface area contributed by atoms with Gasteiger partial charge < -0.3 is 10.3 Å². The molecule has 6 nitrogen and oxygen atoms in total. The van der Waals surface area contributed by atoms with Crippen LogP contribution in [0.15, 0.2) is 12.4 Å². The molecular formula is C19H33N5O. The molecule has 2 N–H and O–H groups in total. The van der Waals surface area contributed by atoms with Crippen LogP contribution >= 0.6 is 0 Å². The molecule has 25 heavy (non-hydrogen) atoms. The number of amides is 1. The Kier molecular flexibility index (Phi) is 6.87. The van der Waals surface area contributed by atoms with Gasteiger partial charge in [-0.05, 0) is 64.2 Å². The zero-order valence-corrected chi connectivity index (χ0v) is 15.5. The number of hydrogen-bond acceptors (Lipinski definition) is 4. The van der Waals surface area contributed by atoms with Crippen molar-refractivity contribution < 1.29 is 4.79 Å². The molecule has 3 heterocycles. The van der Waals surface area contributed by atoms with E-state index >= 15 is 0 Å². The van der Waals surface area contributed by atoms with E-state index in [1.165, 1.54) is 32.2 Å². The molecule has 0 aliphatic carbocycles. The summed E-state index contributed by atoms with van der Waals surface area (Å²) in [6, 6.07) is 0.554. The van der Waals surface area contributed by atoms with Crippen molar-refractivity contribution in [3.8, 4) is 0 Å². The van der Waals surface area contributed by atoms with Crippen LogP contribution in [0.5, 0.6) is 0 Å². The van der Waals surface area contributed by atoms with Crippen molar-refractivity contribution in [1.82, 2.24) is 25.1 Å². The van der Waals surface area contributed by atoms with Crippen molar-refractivity contribution in [3.63, 3.8) is 0 Å². The number of aromatic nitrogens is 2. The number of piperidine rings is 1. The summed E-state index contributed by atoms with van der Waals surface area (Å²) < 4.78 is 0. The van der Waals surface area contributed by atoms with E-state index in [2.05, 4.69) is 32.0 Å². The SMILES string of the molecule is CCN1CCC[C@@H]1CNC(=O)CCC1CCN(Cc2ncc[nH]2)CC1. The highest BCUT2D eigenvalue weighted by Crippen LogP contribution is 2.22. The van der Waals surface area contributed by atoms with Crippen molar-refractivity contribution in [2.75, 3.05) is 32.7 Å². The van der Waals surface area contributed by atoms with Gasteiger partial charge in [-0.15, -0.1) is 0 Å². The molecule has 0 radical (unpaired) electrons. The molecule has 1 amide bonds. The molecule has 2 fully saturated rings. The number of likely N-dealkylation sites (tertiary alicyclic amines) is 2. The summed E-state index contributed by atoms with van der Waals surface area (Å²) in [7, 11) is 0. The number of hydrogen-bond donors (Lipinski definition) is 2. The van der Waals surface area contributed by atoms with Crippen LogP contribution < -0.4 is 5.32 Å². The minimum Gasteiger partial charge on any atom is -0.355 e. The van der Waals surface area contributed by atoms with Gasteiger partial charge in [-0.3, -0.25) is 14.6 Å². The summed E-state index contributed by atoms with van der Waals surface area (Å²) >= 11 is 0. The van der Waals surface area contributed by atoms with Gasteiger partial charge in [-0.1, -0.05) is 6.92 Å². The van der Waals surface area contributed by atoms with E-state index in [0.717, 1.165) is 45.0 Å². The fourth-order valence-electron chi connectivity index (χ4n) is 4.23. The predicted octanol–water partition coefficient (Wildman–Crippen LogP) is 2.00. The maximum atomic E-state index is 12.2. The van der Waals surface area contributed by atoms with Gasteiger partial charge >= 0.3 is 0 Å². The van der Waals surface area contributed by atoms with Gasteiger partial charge in [0.15, 0.2) is 0 Å². The van der Waals surface area contributed by atoms with Crippen molar-refractivity contribution in [1.29, 1.82) is 0 Å². The number of H-pyrrole nitrogens is 1. The van der Waals surface area contributed by atoms with E-state index in [1.54, 1.807) is 0 Å².